The first kappa shape index (κ1) is 11.7. The lowest BCUT2D eigenvalue weighted by Crippen LogP contribution is -2.51. The molecule has 1 spiro atoms. The summed E-state index contributed by atoms with van der Waals surface area (Å²) >= 11 is 0. The van der Waals surface area contributed by atoms with E-state index in [9.17, 15) is 9.59 Å². The maximum atomic E-state index is 12.3. The van der Waals surface area contributed by atoms with Gasteiger partial charge in [-0.15, -0.1) is 0 Å². The fraction of sp³-hybridized carbons (Fsp3) is 0.375. The predicted molar refractivity (Wildman–Crippen MR) is 75.1 cm³/mol. The molecule has 2 aliphatic rings. The third-order valence-corrected chi connectivity index (χ3v) is 4.80. The second kappa shape index (κ2) is 3.95. The summed E-state index contributed by atoms with van der Waals surface area (Å²) < 4.78 is 2.31. The van der Waals surface area contributed by atoms with Gasteiger partial charge in [0.2, 0.25) is 11.8 Å². The zero-order chi connectivity index (χ0) is 13.7. The third kappa shape index (κ3) is 1.54. The normalized spacial score (nSPS) is 25.8. The molecule has 4 heteroatoms. The molecule has 0 saturated carbocycles. The van der Waals surface area contributed by atoms with Crippen molar-refractivity contribution in [2.45, 2.75) is 32.2 Å². The SMILES string of the molecule is O=C1CCC2(CCn3c(cc4ccccc43)C2)C(=O)N1. The van der Waals surface area contributed by atoms with Gasteiger partial charge in [0.15, 0.2) is 0 Å². The molecule has 1 aromatic heterocycles. The summed E-state index contributed by atoms with van der Waals surface area (Å²) in [5, 5.41) is 3.75. The number of nitrogens with zero attached hydrogens (tertiary/aromatic N) is 1. The number of carbonyl (C=O) groups is 2. The van der Waals surface area contributed by atoms with Crippen LogP contribution in [0.15, 0.2) is 30.3 Å². The molecular weight excluding hydrogens is 252 g/mol. The Bertz CT molecular complexity index is 731. The summed E-state index contributed by atoms with van der Waals surface area (Å²) in [5.74, 6) is -0.211. The third-order valence-electron chi connectivity index (χ3n) is 4.80. The van der Waals surface area contributed by atoms with Gasteiger partial charge in [0.1, 0.15) is 0 Å². The van der Waals surface area contributed by atoms with Gasteiger partial charge in [-0.3, -0.25) is 14.9 Å². The largest absolute Gasteiger partial charge is 0.345 e. The van der Waals surface area contributed by atoms with Crippen LogP contribution < -0.4 is 5.32 Å². The number of nitrogens with one attached hydrogen (secondary N) is 1. The highest BCUT2D eigenvalue weighted by molar-refractivity contribution is 6.01. The number of amides is 2. The minimum atomic E-state index is -0.377. The van der Waals surface area contributed by atoms with E-state index >= 15 is 0 Å². The van der Waals surface area contributed by atoms with E-state index in [2.05, 4.69) is 28.1 Å². The molecule has 4 nitrogen and oxygen atoms in total. The van der Waals surface area contributed by atoms with E-state index in [0.717, 1.165) is 19.4 Å². The van der Waals surface area contributed by atoms with E-state index in [4.69, 9.17) is 0 Å². The van der Waals surface area contributed by atoms with Crippen LogP contribution in [0.1, 0.15) is 25.0 Å². The molecule has 1 atom stereocenters. The quantitative estimate of drug-likeness (QED) is 0.743. The Morgan fingerprint density at radius 1 is 1.15 bits per heavy atom. The van der Waals surface area contributed by atoms with Crippen molar-refractivity contribution in [3.05, 3.63) is 36.0 Å². The summed E-state index contributed by atoms with van der Waals surface area (Å²) in [6.45, 7) is 0.852. The molecule has 2 amide bonds. The molecule has 102 valence electrons. The van der Waals surface area contributed by atoms with E-state index in [-0.39, 0.29) is 17.2 Å². The van der Waals surface area contributed by atoms with E-state index in [1.165, 1.54) is 16.6 Å². The Labute approximate surface area is 116 Å². The van der Waals surface area contributed by atoms with Crippen molar-refractivity contribution in [3.8, 4) is 0 Å². The molecule has 0 bridgehead atoms. The molecule has 4 rings (SSSR count). The molecule has 1 N–H and O–H groups in total. The number of para-hydroxylation sites is 1. The Kier molecular flexibility index (Phi) is 2.31. The highest BCUT2D eigenvalue weighted by Gasteiger charge is 2.45. The van der Waals surface area contributed by atoms with Crippen LogP contribution in [0.4, 0.5) is 0 Å². The van der Waals surface area contributed by atoms with Crippen molar-refractivity contribution in [1.29, 1.82) is 0 Å². The lowest BCUT2D eigenvalue weighted by Gasteiger charge is -2.39. The molecule has 0 aliphatic carbocycles. The molecule has 0 radical (unpaired) electrons. The predicted octanol–water partition coefficient (Wildman–Crippen LogP) is 2.01. The number of piperidine rings is 1. The van der Waals surface area contributed by atoms with Crippen molar-refractivity contribution >= 4 is 22.7 Å². The lowest BCUT2D eigenvalue weighted by atomic mass is 9.72. The number of carbonyl (C=O) groups excluding carboxylic acids is 2. The van der Waals surface area contributed by atoms with Crippen LogP contribution in [0, 0.1) is 5.41 Å². The molecule has 2 aliphatic heterocycles. The van der Waals surface area contributed by atoms with Crippen LogP contribution in [-0.4, -0.2) is 16.4 Å². The summed E-state index contributed by atoms with van der Waals surface area (Å²) in [7, 11) is 0. The molecule has 1 aromatic carbocycles. The van der Waals surface area contributed by atoms with Crippen molar-refractivity contribution in [2.75, 3.05) is 0 Å². The van der Waals surface area contributed by atoms with Gasteiger partial charge in [-0.1, -0.05) is 18.2 Å². The fourth-order valence-corrected chi connectivity index (χ4v) is 3.63. The Morgan fingerprint density at radius 3 is 2.85 bits per heavy atom. The zero-order valence-corrected chi connectivity index (χ0v) is 11.2. The Hall–Kier alpha value is -2.10. The van der Waals surface area contributed by atoms with Crippen LogP contribution >= 0.6 is 0 Å². The molecule has 2 aromatic rings. The molecule has 1 fully saturated rings. The van der Waals surface area contributed by atoms with Gasteiger partial charge in [-0.2, -0.15) is 0 Å². The van der Waals surface area contributed by atoms with Gasteiger partial charge in [0, 0.05) is 30.6 Å². The number of fused-ring (bicyclic) bond motifs is 3. The van der Waals surface area contributed by atoms with Gasteiger partial charge in [-0.25, -0.2) is 0 Å². The van der Waals surface area contributed by atoms with Gasteiger partial charge in [0.25, 0.3) is 0 Å². The molecule has 3 heterocycles. The van der Waals surface area contributed by atoms with Crippen molar-refractivity contribution in [2.24, 2.45) is 5.41 Å². The van der Waals surface area contributed by atoms with Crippen LogP contribution in [0.5, 0.6) is 0 Å². The first-order valence-electron chi connectivity index (χ1n) is 7.09. The maximum absolute atomic E-state index is 12.3. The highest BCUT2D eigenvalue weighted by Crippen LogP contribution is 2.41. The zero-order valence-electron chi connectivity index (χ0n) is 11.2. The van der Waals surface area contributed by atoms with Crippen LogP contribution in [0.3, 0.4) is 0 Å². The van der Waals surface area contributed by atoms with Crippen molar-refractivity contribution in [1.82, 2.24) is 9.88 Å². The van der Waals surface area contributed by atoms with Crippen LogP contribution in [0.25, 0.3) is 10.9 Å². The molecule has 1 saturated heterocycles. The van der Waals surface area contributed by atoms with Gasteiger partial charge in [-0.05, 0) is 30.4 Å². The van der Waals surface area contributed by atoms with Crippen LogP contribution in [0.2, 0.25) is 0 Å². The van der Waals surface area contributed by atoms with Crippen molar-refractivity contribution < 1.29 is 9.59 Å². The fourth-order valence-electron chi connectivity index (χ4n) is 3.63. The average Bonchev–Trinajstić information content (AvgIpc) is 2.81. The second-order valence-corrected chi connectivity index (χ2v) is 5.93. The monoisotopic (exact) mass is 268 g/mol. The number of benzene rings is 1. The van der Waals surface area contributed by atoms with E-state index < -0.39 is 0 Å². The first-order valence-corrected chi connectivity index (χ1v) is 7.09. The smallest absolute Gasteiger partial charge is 0.233 e. The van der Waals surface area contributed by atoms with E-state index in [1.54, 1.807) is 0 Å². The van der Waals surface area contributed by atoms with Gasteiger partial charge in [0.05, 0.1) is 5.41 Å². The summed E-state index contributed by atoms with van der Waals surface area (Å²) in [4.78, 5) is 23.6. The van der Waals surface area contributed by atoms with Gasteiger partial charge >= 0.3 is 0 Å². The average molecular weight is 268 g/mol. The molecule has 20 heavy (non-hydrogen) atoms. The summed E-state index contributed by atoms with van der Waals surface area (Å²) in [6.07, 6.45) is 2.70. The maximum Gasteiger partial charge on any atom is 0.233 e. The molecular formula is C16H16N2O2. The minimum absolute atomic E-state index is 0.0785. The number of rotatable bonds is 0. The van der Waals surface area contributed by atoms with Gasteiger partial charge < -0.3 is 4.57 Å². The van der Waals surface area contributed by atoms with E-state index in [0.29, 0.717) is 12.8 Å². The van der Waals surface area contributed by atoms with Crippen molar-refractivity contribution in [3.63, 3.8) is 0 Å². The highest BCUT2D eigenvalue weighted by atomic mass is 16.2. The Balaban J connectivity index is 1.76. The van der Waals surface area contributed by atoms with Crippen LogP contribution in [-0.2, 0) is 22.6 Å². The minimum Gasteiger partial charge on any atom is -0.345 e. The Morgan fingerprint density at radius 2 is 2.00 bits per heavy atom. The second-order valence-electron chi connectivity index (χ2n) is 5.93. The van der Waals surface area contributed by atoms with E-state index in [1.807, 2.05) is 12.1 Å². The lowest BCUT2D eigenvalue weighted by molar-refractivity contribution is -0.143. The summed E-state index contributed by atoms with van der Waals surface area (Å²) in [5.41, 5.74) is 2.07. The number of aryl methyl sites for hydroxylation is 1. The number of hydrogen-bond acceptors (Lipinski definition) is 2. The topological polar surface area (TPSA) is 51.1 Å². The molecule has 1 unspecified atom stereocenters. The number of imide groups is 1. The first-order chi connectivity index (χ1) is 9.68. The standard InChI is InChI=1S/C16H16N2O2/c19-14-5-6-16(15(20)17-14)7-8-18-12(10-16)9-11-3-1-2-4-13(11)18/h1-4,9H,5-8,10H2,(H,17,19,20). The summed E-state index contributed by atoms with van der Waals surface area (Å²) in [6, 6.07) is 10.5. The number of aromatic nitrogens is 1. The number of hydrogen-bond donors (Lipinski definition) is 1.